The van der Waals surface area contributed by atoms with Gasteiger partial charge in [-0.1, -0.05) is 63.2 Å². The number of rotatable bonds is 10. The molecule has 30 heavy (non-hydrogen) atoms. The molecule has 2 nitrogen and oxygen atoms in total. The van der Waals surface area contributed by atoms with Crippen molar-refractivity contribution in [1.82, 2.24) is 4.90 Å². The molecule has 0 aliphatic carbocycles. The lowest BCUT2D eigenvalue weighted by Gasteiger charge is -2.32. The lowest BCUT2D eigenvalue weighted by Crippen LogP contribution is -2.33. The normalized spacial score (nSPS) is 14.0. The van der Waals surface area contributed by atoms with Crippen molar-refractivity contribution in [3.05, 3.63) is 71.3 Å². The van der Waals surface area contributed by atoms with Crippen LogP contribution in [0.3, 0.4) is 0 Å². The molecule has 2 rings (SSSR count). The van der Waals surface area contributed by atoms with E-state index in [9.17, 15) is 18.4 Å². The van der Waals surface area contributed by atoms with Gasteiger partial charge >= 0.3 is 6.18 Å². The van der Waals surface area contributed by atoms with Gasteiger partial charge in [-0.15, -0.1) is 0 Å². The minimum absolute atomic E-state index is 0.00127. The van der Waals surface area contributed by atoms with Gasteiger partial charge in [0.05, 0.1) is 17.0 Å². The van der Waals surface area contributed by atoms with Crippen LogP contribution in [0.1, 0.15) is 50.3 Å². The SMILES string of the molecule is CCN(CCCC(C#N)(c1ccc(C(F)(F)F)cc1)C(C)C)CCc1ccccc1. The molecule has 0 radical (unpaired) electrons. The molecule has 0 fully saturated rings. The van der Waals surface area contributed by atoms with E-state index in [0.717, 1.165) is 44.6 Å². The predicted octanol–water partition coefficient (Wildman–Crippen LogP) is 6.47. The summed E-state index contributed by atoms with van der Waals surface area (Å²) in [5, 5.41) is 10.0. The molecule has 0 aromatic heterocycles. The molecule has 1 unspecified atom stereocenters. The third kappa shape index (κ3) is 6.09. The van der Waals surface area contributed by atoms with Crippen LogP contribution in [-0.2, 0) is 18.0 Å². The summed E-state index contributed by atoms with van der Waals surface area (Å²) in [7, 11) is 0. The molecule has 1 atom stereocenters. The highest BCUT2D eigenvalue weighted by Crippen LogP contribution is 2.38. The molecule has 0 spiro atoms. The fourth-order valence-electron chi connectivity index (χ4n) is 3.91. The summed E-state index contributed by atoms with van der Waals surface area (Å²) < 4.78 is 38.7. The van der Waals surface area contributed by atoms with Gasteiger partial charge in [0.1, 0.15) is 0 Å². The van der Waals surface area contributed by atoms with E-state index in [-0.39, 0.29) is 5.92 Å². The Bertz CT molecular complexity index is 807. The summed E-state index contributed by atoms with van der Waals surface area (Å²) in [6, 6.07) is 17.9. The fraction of sp³-hybridized carbons (Fsp3) is 0.480. The Morgan fingerprint density at radius 1 is 0.933 bits per heavy atom. The van der Waals surface area contributed by atoms with Gasteiger partial charge in [0.15, 0.2) is 0 Å². The van der Waals surface area contributed by atoms with Crippen LogP contribution in [0.25, 0.3) is 0 Å². The van der Waals surface area contributed by atoms with Crippen molar-refractivity contribution >= 4 is 0 Å². The van der Waals surface area contributed by atoms with Crippen LogP contribution in [0.15, 0.2) is 54.6 Å². The number of likely N-dealkylation sites (N-methyl/N-ethyl adjacent to an activating group) is 1. The lowest BCUT2D eigenvalue weighted by atomic mass is 9.69. The van der Waals surface area contributed by atoms with Crippen LogP contribution in [0, 0.1) is 17.2 Å². The maximum absolute atomic E-state index is 12.9. The standard InChI is InChI=1S/C25H31F3N2/c1-4-30(18-15-21-9-6-5-7-10-21)17-8-16-24(19-29,20(2)3)22-11-13-23(14-12-22)25(26,27)28/h5-7,9-14,20H,4,8,15-18H2,1-3H3. The van der Waals surface area contributed by atoms with E-state index in [4.69, 9.17) is 0 Å². The monoisotopic (exact) mass is 416 g/mol. The van der Waals surface area contributed by atoms with E-state index in [2.05, 4.69) is 30.0 Å². The average molecular weight is 417 g/mol. The van der Waals surface area contributed by atoms with Crippen LogP contribution < -0.4 is 0 Å². The number of hydrogen-bond acceptors (Lipinski definition) is 2. The van der Waals surface area contributed by atoms with Crippen LogP contribution in [0.4, 0.5) is 13.2 Å². The molecule has 5 heteroatoms. The molecule has 2 aromatic carbocycles. The Labute approximate surface area is 178 Å². The summed E-state index contributed by atoms with van der Waals surface area (Å²) in [5.41, 5.74) is 0.498. The molecule has 0 N–H and O–H groups in total. The van der Waals surface area contributed by atoms with Gasteiger partial charge in [0.25, 0.3) is 0 Å². The number of nitrogens with zero attached hydrogens (tertiary/aromatic N) is 2. The Kier molecular flexibility index (Phi) is 8.49. The van der Waals surface area contributed by atoms with Gasteiger partial charge in [-0.2, -0.15) is 18.4 Å². The van der Waals surface area contributed by atoms with Crippen molar-refractivity contribution in [2.45, 2.75) is 51.6 Å². The summed E-state index contributed by atoms with van der Waals surface area (Å²) in [5.74, 6) is -0.00127. The highest BCUT2D eigenvalue weighted by molar-refractivity contribution is 5.36. The highest BCUT2D eigenvalue weighted by Gasteiger charge is 2.37. The smallest absolute Gasteiger partial charge is 0.303 e. The first-order chi connectivity index (χ1) is 14.2. The zero-order chi connectivity index (χ0) is 22.2. The number of nitriles is 1. The highest BCUT2D eigenvalue weighted by atomic mass is 19.4. The van der Waals surface area contributed by atoms with E-state index in [1.54, 1.807) is 0 Å². The Balaban J connectivity index is 2.04. The van der Waals surface area contributed by atoms with Crippen LogP contribution in [0.2, 0.25) is 0 Å². The van der Waals surface area contributed by atoms with Gasteiger partial charge in [0.2, 0.25) is 0 Å². The van der Waals surface area contributed by atoms with Crippen molar-refractivity contribution in [2.24, 2.45) is 5.92 Å². The molecule has 0 aliphatic heterocycles. The Hall–Kier alpha value is -2.32. The van der Waals surface area contributed by atoms with Crippen molar-refractivity contribution in [3.8, 4) is 6.07 Å². The third-order valence-electron chi connectivity index (χ3n) is 5.96. The second-order valence-corrected chi connectivity index (χ2v) is 8.09. The first kappa shape index (κ1) is 24.0. The van der Waals surface area contributed by atoms with Crippen molar-refractivity contribution < 1.29 is 13.2 Å². The predicted molar refractivity (Wildman–Crippen MR) is 115 cm³/mol. The number of hydrogen-bond donors (Lipinski definition) is 0. The summed E-state index contributed by atoms with van der Waals surface area (Å²) in [6.07, 6.45) is -1.96. The molecule has 0 saturated heterocycles. The molecule has 2 aromatic rings. The van der Waals surface area contributed by atoms with Crippen LogP contribution in [-0.4, -0.2) is 24.5 Å². The first-order valence-corrected chi connectivity index (χ1v) is 10.6. The van der Waals surface area contributed by atoms with Crippen LogP contribution >= 0.6 is 0 Å². The molecular formula is C25H31F3N2. The minimum Gasteiger partial charge on any atom is -0.303 e. The molecular weight excluding hydrogens is 385 g/mol. The molecule has 0 aliphatic rings. The second kappa shape index (κ2) is 10.6. The molecule has 0 heterocycles. The maximum atomic E-state index is 12.9. The minimum atomic E-state index is -4.37. The Morgan fingerprint density at radius 2 is 1.53 bits per heavy atom. The number of halogens is 3. The van der Waals surface area contributed by atoms with Gasteiger partial charge in [-0.25, -0.2) is 0 Å². The van der Waals surface area contributed by atoms with Gasteiger partial charge in [-0.3, -0.25) is 0 Å². The van der Waals surface area contributed by atoms with Gasteiger partial charge < -0.3 is 4.90 Å². The van der Waals surface area contributed by atoms with E-state index in [1.807, 2.05) is 32.0 Å². The molecule has 0 saturated carbocycles. The lowest BCUT2D eigenvalue weighted by molar-refractivity contribution is -0.137. The summed E-state index contributed by atoms with van der Waals surface area (Å²) in [6.45, 7) is 8.79. The number of benzene rings is 2. The zero-order valence-electron chi connectivity index (χ0n) is 18.0. The Morgan fingerprint density at radius 3 is 2.03 bits per heavy atom. The molecule has 0 amide bonds. The summed E-state index contributed by atoms with van der Waals surface area (Å²) in [4.78, 5) is 2.36. The average Bonchev–Trinajstić information content (AvgIpc) is 2.73. The van der Waals surface area contributed by atoms with E-state index >= 15 is 0 Å². The van der Waals surface area contributed by atoms with Crippen molar-refractivity contribution in [3.63, 3.8) is 0 Å². The molecule has 0 bridgehead atoms. The number of alkyl halides is 3. The topological polar surface area (TPSA) is 27.0 Å². The fourth-order valence-corrected chi connectivity index (χ4v) is 3.91. The second-order valence-electron chi connectivity index (χ2n) is 8.09. The van der Waals surface area contributed by atoms with E-state index in [0.29, 0.717) is 12.0 Å². The van der Waals surface area contributed by atoms with E-state index < -0.39 is 17.2 Å². The zero-order valence-corrected chi connectivity index (χ0v) is 18.0. The van der Waals surface area contributed by atoms with Crippen molar-refractivity contribution in [1.29, 1.82) is 5.26 Å². The summed E-state index contributed by atoms with van der Waals surface area (Å²) >= 11 is 0. The van der Waals surface area contributed by atoms with Crippen LogP contribution in [0.5, 0.6) is 0 Å². The van der Waals surface area contributed by atoms with E-state index in [1.165, 1.54) is 17.7 Å². The maximum Gasteiger partial charge on any atom is 0.416 e. The quantitative estimate of drug-likeness (QED) is 0.444. The third-order valence-corrected chi connectivity index (χ3v) is 5.96. The van der Waals surface area contributed by atoms with Crippen molar-refractivity contribution in [2.75, 3.05) is 19.6 Å². The largest absolute Gasteiger partial charge is 0.416 e. The molecule has 162 valence electrons. The first-order valence-electron chi connectivity index (χ1n) is 10.6. The van der Waals surface area contributed by atoms with Gasteiger partial charge in [0, 0.05) is 6.54 Å². The van der Waals surface area contributed by atoms with Gasteiger partial charge in [-0.05, 0) is 61.5 Å².